The van der Waals surface area contributed by atoms with Gasteiger partial charge in [-0.1, -0.05) is 6.07 Å². The number of benzene rings is 1. The van der Waals surface area contributed by atoms with Crippen molar-refractivity contribution < 1.29 is 4.39 Å². The highest BCUT2D eigenvalue weighted by Gasteiger charge is 2.25. The van der Waals surface area contributed by atoms with Crippen molar-refractivity contribution in [1.29, 1.82) is 0 Å². The molecule has 0 unspecified atom stereocenters. The van der Waals surface area contributed by atoms with Crippen LogP contribution >= 0.6 is 12.4 Å². The van der Waals surface area contributed by atoms with Gasteiger partial charge in [-0.05, 0) is 32.4 Å². The Morgan fingerprint density at radius 2 is 2.12 bits per heavy atom. The Morgan fingerprint density at radius 1 is 1.44 bits per heavy atom. The first-order valence-electron chi connectivity index (χ1n) is 5.28. The lowest BCUT2D eigenvalue weighted by Crippen LogP contribution is -2.44. The molecule has 0 aromatic heterocycles. The lowest BCUT2D eigenvalue weighted by Gasteiger charge is -2.28. The zero-order valence-electron chi connectivity index (χ0n) is 9.66. The molecule has 0 radical (unpaired) electrons. The van der Waals surface area contributed by atoms with Crippen LogP contribution in [0.4, 0.5) is 10.1 Å². The van der Waals surface area contributed by atoms with Gasteiger partial charge in [0.25, 0.3) is 0 Å². The van der Waals surface area contributed by atoms with Gasteiger partial charge >= 0.3 is 0 Å². The Labute approximate surface area is 102 Å². The van der Waals surface area contributed by atoms with Crippen LogP contribution < -0.4 is 10.6 Å². The number of fused-ring (bicyclic) bond motifs is 1. The minimum Gasteiger partial charge on any atom is -0.369 e. The van der Waals surface area contributed by atoms with Crippen LogP contribution in [0.25, 0.3) is 0 Å². The summed E-state index contributed by atoms with van der Waals surface area (Å²) in [5.74, 6) is -0.0928. The molecule has 16 heavy (non-hydrogen) atoms. The van der Waals surface area contributed by atoms with Crippen molar-refractivity contribution in [3.05, 3.63) is 29.6 Å². The first-order valence-corrected chi connectivity index (χ1v) is 5.28. The third-order valence-electron chi connectivity index (χ3n) is 2.66. The van der Waals surface area contributed by atoms with Crippen molar-refractivity contribution in [2.45, 2.75) is 25.8 Å². The molecule has 0 amide bonds. The van der Waals surface area contributed by atoms with Gasteiger partial charge in [0.15, 0.2) is 0 Å². The minimum absolute atomic E-state index is 0. The predicted molar refractivity (Wildman–Crippen MR) is 67.8 cm³/mol. The minimum atomic E-state index is -0.242. The quantitative estimate of drug-likeness (QED) is 0.866. The maximum atomic E-state index is 13.4. The summed E-state index contributed by atoms with van der Waals surface area (Å²) in [6.45, 7) is 5.62. The second kappa shape index (κ2) is 4.60. The summed E-state index contributed by atoms with van der Waals surface area (Å²) >= 11 is 0. The van der Waals surface area contributed by atoms with E-state index in [4.69, 9.17) is 5.73 Å². The number of rotatable bonds is 2. The zero-order chi connectivity index (χ0) is 11.1. The average Bonchev–Trinajstić information content (AvgIpc) is 2.48. The summed E-state index contributed by atoms with van der Waals surface area (Å²) in [4.78, 5) is 2.17. The van der Waals surface area contributed by atoms with Gasteiger partial charge in [-0.25, -0.2) is 4.39 Å². The van der Waals surface area contributed by atoms with Crippen LogP contribution in [0.15, 0.2) is 18.2 Å². The molecule has 0 bridgehead atoms. The summed E-state index contributed by atoms with van der Waals surface area (Å²) in [6.07, 6.45) is 0.790. The van der Waals surface area contributed by atoms with Crippen LogP contribution in [0, 0.1) is 5.82 Å². The van der Waals surface area contributed by atoms with Gasteiger partial charge in [-0.2, -0.15) is 0 Å². The molecular formula is C12H18ClFN2. The van der Waals surface area contributed by atoms with E-state index in [9.17, 15) is 4.39 Å². The van der Waals surface area contributed by atoms with Crippen LogP contribution in [0.3, 0.4) is 0 Å². The lowest BCUT2D eigenvalue weighted by molar-refractivity contribution is 0.511. The summed E-state index contributed by atoms with van der Waals surface area (Å²) in [5.41, 5.74) is 7.58. The molecule has 0 saturated heterocycles. The zero-order valence-corrected chi connectivity index (χ0v) is 10.5. The molecule has 2 nitrogen and oxygen atoms in total. The van der Waals surface area contributed by atoms with Crippen molar-refractivity contribution in [3.8, 4) is 0 Å². The molecule has 4 heteroatoms. The standard InChI is InChI=1S/C12H17FN2.ClH/c1-12(2,14)8-15-7-6-9-10(13)4-3-5-11(9)15;/h3-5H,6-8,14H2,1-2H3;1H. The first-order chi connectivity index (χ1) is 6.97. The second-order valence-corrected chi connectivity index (χ2v) is 4.90. The topological polar surface area (TPSA) is 29.3 Å². The monoisotopic (exact) mass is 244 g/mol. The van der Waals surface area contributed by atoms with Crippen molar-refractivity contribution in [3.63, 3.8) is 0 Å². The van der Waals surface area contributed by atoms with E-state index >= 15 is 0 Å². The maximum Gasteiger partial charge on any atom is 0.128 e. The molecule has 0 saturated carbocycles. The molecule has 0 atom stereocenters. The fraction of sp³-hybridized carbons (Fsp3) is 0.500. The highest BCUT2D eigenvalue weighted by molar-refractivity contribution is 5.85. The summed E-state index contributed by atoms with van der Waals surface area (Å²) in [6, 6.07) is 5.25. The second-order valence-electron chi connectivity index (χ2n) is 4.90. The van der Waals surface area contributed by atoms with E-state index < -0.39 is 0 Å². The van der Waals surface area contributed by atoms with Crippen LogP contribution in [0.5, 0.6) is 0 Å². The highest BCUT2D eigenvalue weighted by Crippen LogP contribution is 2.30. The van der Waals surface area contributed by atoms with Crippen LogP contribution in [-0.4, -0.2) is 18.6 Å². The fourth-order valence-corrected chi connectivity index (χ4v) is 2.11. The molecule has 1 aromatic rings. The Balaban J connectivity index is 0.00000128. The van der Waals surface area contributed by atoms with E-state index in [1.165, 1.54) is 6.07 Å². The van der Waals surface area contributed by atoms with Crippen LogP contribution in [0.2, 0.25) is 0 Å². The van der Waals surface area contributed by atoms with E-state index in [-0.39, 0.29) is 23.8 Å². The van der Waals surface area contributed by atoms with Crippen LogP contribution in [0.1, 0.15) is 19.4 Å². The van der Waals surface area contributed by atoms with Gasteiger partial charge in [-0.15, -0.1) is 12.4 Å². The molecular weight excluding hydrogens is 227 g/mol. The Kier molecular flexibility index (Phi) is 3.81. The summed E-state index contributed by atoms with van der Waals surface area (Å²) < 4.78 is 13.4. The number of hydrogen-bond acceptors (Lipinski definition) is 2. The van der Waals surface area contributed by atoms with Crippen molar-refractivity contribution in [1.82, 2.24) is 0 Å². The van der Waals surface area contributed by atoms with Gasteiger partial charge in [0.1, 0.15) is 5.82 Å². The van der Waals surface area contributed by atoms with Gasteiger partial charge in [0, 0.05) is 29.9 Å². The molecule has 1 heterocycles. The van der Waals surface area contributed by atoms with Gasteiger partial charge in [-0.3, -0.25) is 0 Å². The number of hydrogen-bond donors (Lipinski definition) is 1. The number of anilines is 1. The predicted octanol–water partition coefficient (Wildman–Crippen LogP) is 2.35. The normalized spacial score (nSPS) is 14.6. The number of nitrogens with zero attached hydrogens (tertiary/aromatic N) is 1. The van der Waals surface area contributed by atoms with E-state index in [1.807, 2.05) is 19.9 Å². The lowest BCUT2D eigenvalue weighted by atomic mass is 10.1. The van der Waals surface area contributed by atoms with Gasteiger partial charge in [0.2, 0.25) is 0 Å². The Bertz CT molecular complexity index is 374. The molecule has 0 fully saturated rings. The third-order valence-corrected chi connectivity index (χ3v) is 2.66. The molecule has 1 aliphatic heterocycles. The molecule has 0 aliphatic carbocycles. The third kappa shape index (κ3) is 2.66. The maximum absolute atomic E-state index is 13.4. The summed E-state index contributed by atoms with van der Waals surface area (Å²) in [5, 5.41) is 0. The fourth-order valence-electron chi connectivity index (χ4n) is 2.11. The summed E-state index contributed by atoms with van der Waals surface area (Å²) in [7, 11) is 0. The SMILES string of the molecule is CC(C)(N)CN1CCc2c(F)cccc21.Cl. The Hall–Kier alpha value is -0.800. The molecule has 2 N–H and O–H groups in total. The number of nitrogens with two attached hydrogens (primary N) is 1. The van der Waals surface area contributed by atoms with Gasteiger partial charge < -0.3 is 10.6 Å². The molecule has 90 valence electrons. The van der Waals surface area contributed by atoms with Crippen LogP contribution in [-0.2, 0) is 6.42 Å². The van der Waals surface area contributed by atoms with E-state index in [2.05, 4.69) is 4.90 Å². The smallest absolute Gasteiger partial charge is 0.128 e. The molecule has 1 aliphatic rings. The van der Waals surface area contributed by atoms with E-state index in [0.29, 0.717) is 0 Å². The first kappa shape index (κ1) is 13.3. The van der Waals surface area contributed by atoms with Gasteiger partial charge in [0.05, 0.1) is 0 Å². The highest BCUT2D eigenvalue weighted by atomic mass is 35.5. The van der Waals surface area contributed by atoms with Crippen molar-refractivity contribution in [2.75, 3.05) is 18.0 Å². The Morgan fingerprint density at radius 3 is 2.75 bits per heavy atom. The molecule has 0 spiro atoms. The van der Waals surface area contributed by atoms with Crippen molar-refractivity contribution >= 4 is 18.1 Å². The largest absolute Gasteiger partial charge is 0.369 e. The molecule has 2 rings (SSSR count). The van der Waals surface area contributed by atoms with Crippen molar-refractivity contribution in [2.24, 2.45) is 5.73 Å². The number of halogens is 2. The molecule has 1 aromatic carbocycles. The van der Waals surface area contributed by atoms with E-state index in [0.717, 1.165) is 30.8 Å². The van der Waals surface area contributed by atoms with E-state index in [1.54, 1.807) is 6.07 Å². The average molecular weight is 245 g/mol.